The summed E-state index contributed by atoms with van der Waals surface area (Å²) in [5, 5.41) is 0. The summed E-state index contributed by atoms with van der Waals surface area (Å²) < 4.78 is 40.7. The van der Waals surface area contributed by atoms with Crippen LogP contribution in [0.1, 0.15) is 241 Å². The highest BCUT2D eigenvalue weighted by atomic mass is 31.2. The van der Waals surface area contributed by atoms with E-state index in [2.05, 4.69) is 78.2 Å². The van der Waals surface area contributed by atoms with Crippen molar-refractivity contribution in [3.63, 3.8) is 0 Å². The topological polar surface area (TPSA) is 135 Å². The smallest absolute Gasteiger partial charge is 0.462 e. The van der Waals surface area contributed by atoms with Crippen LogP contribution in [0.25, 0.3) is 0 Å². The molecule has 0 aromatic rings. The average molecular weight is 1080 g/mol. The molecular weight excluding hydrogens is 974 g/mol. The van der Waals surface area contributed by atoms with Gasteiger partial charge in [-0.1, -0.05) is 155 Å². The van der Waals surface area contributed by atoms with Crippen LogP contribution < -0.4 is 0 Å². The van der Waals surface area contributed by atoms with Crippen molar-refractivity contribution in [2.75, 3.05) is 47.5 Å². The molecule has 3 fully saturated rings. The van der Waals surface area contributed by atoms with E-state index >= 15 is 0 Å². The molecular formula is C64H109NO10P+. The molecule has 4 aliphatic rings. The lowest BCUT2D eigenvalue weighted by atomic mass is 9.47. The molecule has 0 radical (unpaired) electrons. The Morgan fingerprint density at radius 3 is 2.00 bits per heavy atom. The molecule has 4 aliphatic carbocycles. The molecule has 11 atom stereocenters. The van der Waals surface area contributed by atoms with Gasteiger partial charge in [-0.3, -0.25) is 23.4 Å². The molecule has 0 saturated heterocycles. The number of rotatable bonds is 36. The average Bonchev–Trinajstić information content (AvgIpc) is 3.73. The van der Waals surface area contributed by atoms with E-state index in [1.165, 1.54) is 95.5 Å². The molecule has 0 bridgehead atoms. The molecule has 0 aromatic heterocycles. The molecule has 0 heterocycles. The summed E-state index contributed by atoms with van der Waals surface area (Å²) >= 11 is 0. The Kier molecular flexibility index (Phi) is 29.3. The first-order chi connectivity index (χ1) is 36.2. The largest absolute Gasteiger partial charge is 0.472 e. The molecule has 434 valence electrons. The van der Waals surface area contributed by atoms with Crippen LogP contribution in [0.2, 0.25) is 0 Å². The van der Waals surface area contributed by atoms with Crippen molar-refractivity contribution in [2.24, 2.45) is 52.3 Å². The number of allylic oxidation sites excluding steroid dienone is 1. The lowest BCUT2D eigenvalue weighted by molar-refractivity contribution is -0.870. The van der Waals surface area contributed by atoms with Crippen LogP contribution in [0.15, 0.2) is 11.6 Å². The van der Waals surface area contributed by atoms with Crippen molar-refractivity contribution in [2.45, 2.75) is 253 Å². The van der Waals surface area contributed by atoms with Gasteiger partial charge in [-0.05, 0) is 135 Å². The van der Waals surface area contributed by atoms with E-state index in [0.29, 0.717) is 28.8 Å². The number of carbonyl (C=O) groups excluding carboxylic acids is 3. The summed E-state index contributed by atoms with van der Waals surface area (Å²) in [5.41, 5.74) is 2.02. The van der Waals surface area contributed by atoms with E-state index in [1.54, 1.807) is 0 Å². The van der Waals surface area contributed by atoms with Crippen LogP contribution in [-0.4, -0.2) is 87.0 Å². The van der Waals surface area contributed by atoms with Crippen LogP contribution in [0.5, 0.6) is 0 Å². The monoisotopic (exact) mass is 1080 g/mol. The van der Waals surface area contributed by atoms with Crippen LogP contribution in [0, 0.1) is 75.9 Å². The van der Waals surface area contributed by atoms with Gasteiger partial charge in [-0.2, -0.15) is 0 Å². The van der Waals surface area contributed by atoms with Gasteiger partial charge in [0.25, 0.3) is 0 Å². The molecule has 1 N–H and O–H groups in total. The lowest BCUT2D eigenvalue weighted by Crippen LogP contribution is -2.51. The summed E-state index contributed by atoms with van der Waals surface area (Å²) in [5.74, 6) is 16.1. The highest BCUT2D eigenvalue weighted by molar-refractivity contribution is 7.47. The second kappa shape index (κ2) is 33.8. The first kappa shape index (κ1) is 65.9. The lowest BCUT2D eigenvalue weighted by Gasteiger charge is -2.58. The van der Waals surface area contributed by atoms with Gasteiger partial charge in [0.15, 0.2) is 6.10 Å². The molecule has 0 amide bonds. The Bertz CT molecular complexity index is 1960. The van der Waals surface area contributed by atoms with Gasteiger partial charge in [0.05, 0.1) is 40.6 Å². The maximum absolute atomic E-state index is 13.2. The zero-order valence-corrected chi connectivity index (χ0v) is 50.7. The number of phosphoric ester groups is 1. The number of hydrogen-bond donors (Lipinski definition) is 1. The number of hydrogen-bond acceptors (Lipinski definition) is 9. The Hall–Kier alpha value is -2.66. The number of unbranched alkanes of at least 4 members (excludes halogenated alkanes) is 14. The van der Waals surface area contributed by atoms with Crippen molar-refractivity contribution < 1.29 is 51.6 Å². The second-order valence-corrected chi connectivity index (χ2v) is 27.1. The minimum Gasteiger partial charge on any atom is -0.462 e. The highest BCUT2D eigenvalue weighted by Gasteiger charge is 2.59. The van der Waals surface area contributed by atoms with E-state index < -0.39 is 45.0 Å². The number of quaternary nitrogens is 1. The van der Waals surface area contributed by atoms with E-state index in [0.717, 1.165) is 113 Å². The minimum absolute atomic E-state index is 0.0224. The van der Waals surface area contributed by atoms with Gasteiger partial charge < -0.3 is 23.6 Å². The molecule has 12 heteroatoms. The second-order valence-electron chi connectivity index (χ2n) is 25.7. The zero-order chi connectivity index (χ0) is 55.6. The van der Waals surface area contributed by atoms with E-state index in [9.17, 15) is 23.8 Å². The number of nitrogens with zero attached hydrogens (tertiary/aromatic N) is 1. The van der Waals surface area contributed by atoms with Crippen LogP contribution in [-0.2, 0) is 42.2 Å². The fourth-order valence-electron chi connectivity index (χ4n) is 13.9. The van der Waals surface area contributed by atoms with Crippen molar-refractivity contribution in [1.29, 1.82) is 0 Å². The van der Waals surface area contributed by atoms with E-state index in [4.69, 9.17) is 23.3 Å². The molecule has 76 heavy (non-hydrogen) atoms. The summed E-state index contributed by atoms with van der Waals surface area (Å²) in [6, 6.07) is 0. The highest BCUT2D eigenvalue weighted by Crippen LogP contribution is 2.67. The van der Waals surface area contributed by atoms with Crippen LogP contribution in [0.3, 0.4) is 0 Å². The summed E-state index contributed by atoms with van der Waals surface area (Å²) in [7, 11) is 1.30. The summed E-state index contributed by atoms with van der Waals surface area (Å²) in [4.78, 5) is 49.5. The van der Waals surface area contributed by atoms with Crippen molar-refractivity contribution in [3.8, 4) is 23.7 Å². The summed E-state index contributed by atoms with van der Waals surface area (Å²) in [6.45, 7) is 16.6. The van der Waals surface area contributed by atoms with Gasteiger partial charge in [-0.25, -0.2) is 4.57 Å². The Morgan fingerprint density at radius 2 is 1.37 bits per heavy atom. The number of carbonyl (C=O) groups is 3. The maximum Gasteiger partial charge on any atom is 0.472 e. The Morgan fingerprint density at radius 1 is 0.737 bits per heavy atom. The predicted octanol–water partition coefficient (Wildman–Crippen LogP) is 15.3. The number of likely N-dealkylation sites (N-methyl/N-ethyl adjacent to an activating group) is 1. The quantitative estimate of drug-likeness (QED) is 0.0123. The third-order valence-corrected chi connectivity index (χ3v) is 19.6. The fraction of sp³-hybridized carbons (Fsp3) is 0.859. The van der Waals surface area contributed by atoms with Gasteiger partial charge in [-0.15, -0.1) is 0 Å². The third kappa shape index (κ3) is 22.8. The number of esters is 3. The van der Waals surface area contributed by atoms with Crippen LogP contribution in [0.4, 0.5) is 0 Å². The Labute approximate surface area is 463 Å². The fourth-order valence-corrected chi connectivity index (χ4v) is 14.6. The van der Waals surface area contributed by atoms with Gasteiger partial charge in [0, 0.05) is 25.7 Å². The van der Waals surface area contributed by atoms with Crippen molar-refractivity contribution >= 4 is 25.7 Å². The first-order valence-corrected chi connectivity index (χ1v) is 32.3. The molecule has 0 aliphatic heterocycles. The number of phosphoric acid groups is 1. The molecule has 0 aromatic carbocycles. The number of ether oxygens (including phenoxy) is 3. The normalized spacial score (nSPS) is 25.9. The minimum atomic E-state index is -4.49. The van der Waals surface area contributed by atoms with Crippen LogP contribution >= 0.6 is 7.82 Å². The third-order valence-electron chi connectivity index (χ3n) is 18.6. The van der Waals surface area contributed by atoms with E-state index in [-0.39, 0.29) is 37.4 Å². The van der Waals surface area contributed by atoms with Gasteiger partial charge >= 0.3 is 25.7 Å². The zero-order valence-electron chi connectivity index (χ0n) is 49.8. The van der Waals surface area contributed by atoms with E-state index in [1.807, 2.05) is 21.1 Å². The van der Waals surface area contributed by atoms with Crippen molar-refractivity contribution in [1.82, 2.24) is 0 Å². The molecule has 3 saturated carbocycles. The maximum atomic E-state index is 13.2. The molecule has 11 nitrogen and oxygen atoms in total. The standard InChI is InChI=1S/C64H108NO10P/c1-11-13-14-15-16-17-18-19-20-21-22-23-24-25-26-27-28-29-30-31-32-61(67)75-55(49-73-76(69,70)72-46-45-65(8,9)10)48-71-60(66)39-40-62(68)74-54-41-43-63(6)53(47-54)35-36-56-58-38-37-57(64(58,7)44-42-59(56)63)51(5)33-34-52(12-2)50(3)4/h35,50-52,54-59H,11-20,25-34,36-49H2,1-10H3/p+1/t51-,52-,54+,55?,56+,57-,58+,59+,63+,64-/m1/s1. The van der Waals surface area contributed by atoms with Gasteiger partial charge in [0.1, 0.15) is 25.9 Å². The molecule has 2 unspecified atom stereocenters. The first-order valence-electron chi connectivity index (χ1n) is 30.8. The van der Waals surface area contributed by atoms with Crippen molar-refractivity contribution in [3.05, 3.63) is 11.6 Å². The predicted molar refractivity (Wildman–Crippen MR) is 307 cm³/mol. The molecule has 4 rings (SSSR count). The Balaban J connectivity index is 1.16. The van der Waals surface area contributed by atoms with Gasteiger partial charge in [0.2, 0.25) is 0 Å². The number of fused-ring (bicyclic) bond motifs is 5. The molecule has 0 spiro atoms. The SMILES string of the molecule is CCCCCCCCCCC#CC#CCCCCCCCCC(=O)OC(COC(=O)CCC(=O)O[C@H]1CC[C@@]2(C)C(=CC[C@H]3[C@@H]4CC[C@H]([C@H](C)CC[C@@H](CC)C(C)C)[C@@]4(C)CC[C@@H]32)C1)COP(=O)(O)OCC[N+](C)(C)C. The summed E-state index contributed by atoms with van der Waals surface area (Å²) in [6.07, 6.45) is 31.7.